The van der Waals surface area contributed by atoms with Gasteiger partial charge in [-0.25, -0.2) is 0 Å². The molecule has 3 rings (SSSR count). The zero-order valence-electron chi connectivity index (χ0n) is 7.93. The zero-order chi connectivity index (χ0) is 9.54. The van der Waals surface area contributed by atoms with Gasteiger partial charge in [0, 0.05) is 18.8 Å². The van der Waals surface area contributed by atoms with Gasteiger partial charge in [-0.15, -0.1) is 0 Å². The lowest BCUT2D eigenvalue weighted by Crippen LogP contribution is -2.23. The molecule has 0 amide bonds. The van der Waals surface area contributed by atoms with Crippen molar-refractivity contribution in [1.82, 2.24) is 0 Å². The van der Waals surface area contributed by atoms with Crippen molar-refractivity contribution >= 4 is 5.69 Å². The Kier molecular flexibility index (Phi) is 1.55. The van der Waals surface area contributed by atoms with Crippen LogP contribution in [0.5, 0.6) is 0 Å². The molecule has 2 unspecified atom stereocenters. The van der Waals surface area contributed by atoms with Gasteiger partial charge in [-0.05, 0) is 24.0 Å². The first-order valence-corrected chi connectivity index (χ1v) is 5.10. The van der Waals surface area contributed by atoms with E-state index in [1.807, 2.05) is 6.07 Å². The van der Waals surface area contributed by atoms with E-state index in [2.05, 4.69) is 35.2 Å². The predicted octanol–water partition coefficient (Wildman–Crippen LogP) is 1.89. The summed E-state index contributed by atoms with van der Waals surface area (Å²) in [5.74, 6) is 1.66. The van der Waals surface area contributed by atoms with E-state index in [-0.39, 0.29) is 0 Å². The molecule has 1 aliphatic heterocycles. The van der Waals surface area contributed by atoms with Gasteiger partial charge in [0.1, 0.15) is 0 Å². The quantitative estimate of drug-likeness (QED) is 0.666. The third-order valence-electron chi connectivity index (χ3n) is 3.46. The van der Waals surface area contributed by atoms with Crippen molar-refractivity contribution in [2.45, 2.75) is 0 Å². The number of anilines is 1. The molecule has 1 heterocycles. The van der Waals surface area contributed by atoms with E-state index in [9.17, 15) is 0 Å². The van der Waals surface area contributed by atoms with E-state index in [1.54, 1.807) is 0 Å². The molecule has 1 aliphatic carbocycles. The lowest BCUT2D eigenvalue weighted by atomic mass is 10.2. The molecule has 1 aromatic carbocycles. The number of nitriles is 1. The third-order valence-corrected chi connectivity index (χ3v) is 3.46. The molecular weight excluding hydrogens is 172 g/mol. The van der Waals surface area contributed by atoms with Gasteiger partial charge in [-0.2, -0.15) is 5.26 Å². The van der Waals surface area contributed by atoms with Gasteiger partial charge in [-0.1, -0.05) is 18.2 Å². The number of fused-ring (bicyclic) bond motifs is 1. The largest absolute Gasteiger partial charge is 0.371 e. The van der Waals surface area contributed by atoms with Crippen LogP contribution >= 0.6 is 0 Å². The average molecular weight is 184 g/mol. The Bertz CT molecular complexity index is 367. The molecule has 2 atom stereocenters. The van der Waals surface area contributed by atoms with Crippen LogP contribution in [-0.2, 0) is 0 Å². The molecule has 70 valence electrons. The van der Waals surface area contributed by atoms with Crippen LogP contribution in [0.4, 0.5) is 5.69 Å². The lowest BCUT2D eigenvalue weighted by Gasteiger charge is -2.20. The van der Waals surface area contributed by atoms with Crippen molar-refractivity contribution in [3.05, 3.63) is 30.3 Å². The van der Waals surface area contributed by atoms with Crippen LogP contribution in [0, 0.1) is 29.1 Å². The number of hydrogen-bond donors (Lipinski definition) is 0. The van der Waals surface area contributed by atoms with Crippen molar-refractivity contribution in [1.29, 1.82) is 5.26 Å². The smallest absolute Gasteiger partial charge is 0.0663 e. The highest BCUT2D eigenvalue weighted by Gasteiger charge is 2.56. The summed E-state index contributed by atoms with van der Waals surface area (Å²) in [5, 5.41) is 8.80. The Labute approximate surface area is 83.8 Å². The van der Waals surface area contributed by atoms with Gasteiger partial charge >= 0.3 is 0 Å². The fourth-order valence-electron chi connectivity index (χ4n) is 2.57. The summed E-state index contributed by atoms with van der Waals surface area (Å²) in [6.07, 6.45) is 0. The number of para-hydroxylation sites is 1. The van der Waals surface area contributed by atoms with E-state index >= 15 is 0 Å². The van der Waals surface area contributed by atoms with E-state index in [0.717, 1.165) is 13.1 Å². The summed E-state index contributed by atoms with van der Waals surface area (Å²) < 4.78 is 0. The van der Waals surface area contributed by atoms with Crippen LogP contribution < -0.4 is 4.90 Å². The first kappa shape index (κ1) is 7.87. The van der Waals surface area contributed by atoms with Gasteiger partial charge in [0.25, 0.3) is 0 Å². The summed E-state index contributed by atoms with van der Waals surface area (Å²) in [4.78, 5) is 2.39. The zero-order valence-corrected chi connectivity index (χ0v) is 7.93. The van der Waals surface area contributed by atoms with Gasteiger partial charge in [-0.3, -0.25) is 0 Å². The minimum absolute atomic E-state index is 0.356. The van der Waals surface area contributed by atoms with Gasteiger partial charge in [0.15, 0.2) is 0 Å². The first-order chi connectivity index (χ1) is 6.90. The second kappa shape index (κ2) is 2.75. The molecule has 1 aromatic rings. The van der Waals surface area contributed by atoms with Gasteiger partial charge in [0.05, 0.1) is 12.0 Å². The molecule has 2 heteroatoms. The summed E-state index contributed by atoms with van der Waals surface area (Å²) in [6, 6.07) is 12.9. The molecule has 14 heavy (non-hydrogen) atoms. The predicted molar refractivity (Wildman–Crippen MR) is 54.7 cm³/mol. The topological polar surface area (TPSA) is 27.0 Å². The number of rotatable bonds is 1. The summed E-state index contributed by atoms with van der Waals surface area (Å²) in [7, 11) is 0. The highest BCUT2D eigenvalue weighted by molar-refractivity contribution is 5.49. The number of benzene rings is 1. The summed E-state index contributed by atoms with van der Waals surface area (Å²) >= 11 is 0. The van der Waals surface area contributed by atoms with Gasteiger partial charge in [0.2, 0.25) is 0 Å². The van der Waals surface area contributed by atoms with Crippen molar-refractivity contribution < 1.29 is 0 Å². The molecule has 2 aliphatic rings. The molecule has 0 aromatic heterocycles. The Morgan fingerprint density at radius 3 is 2.36 bits per heavy atom. The molecular formula is C12H12N2. The SMILES string of the molecule is N#CC1C2CN(c3ccccc3)CC12. The van der Waals surface area contributed by atoms with Crippen LogP contribution in [0.25, 0.3) is 0 Å². The molecule has 2 nitrogen and oxygen atoms in total. The average Bonchev–Trinajstić information content (AvgIpc) is 2.72. The fraction of sp³-hybridized carbons (Fsp3) is 0.417. The maximum Gasteiger partial charge on any atom is 0.0663 e. The van der Waals surface area contributed by atoms with Crippen molar-refractivity contribution in [3.8, 4) is 6.07 Å². The lowest BCUT2D eigenvalue weighted by molar-refractivity contribution is 0.744. The van der Waals surface area contributed by atoms with Crippen molar-refractivity contribution in [2.75, 3.05) is 18.0 Å². The first-order valence-electron chi connectivity index (χ1n) is 5.10. The maximum absolute atomic E-state index is 8.80. The second-order valence-electron chi connectivity index (χ2n) is 4.22. The summed E-state index contributed by atoms with van der Waals surface area (Å²) in [6.45, 7) is 2.15. The number of piperidine rings is 1. The van der Waals surface area contributed by atoms with Crippen LogP contribution in [0.3, 0.4) is 0 Å². The highest BCUT2D eigenvalue weighted by Crippen LogP contribution is 2.51. The normalized spacial score (nSPS) is 33.6. The Morgan fingerprint density at radius 2 is 1.79 bits per heavy atom. The van der Waals surface area contributed by atoms with Crippen LogP contribution in [0.15, 0.2) is 30.3 Å². The molecule has 0 bridgehead atoms. The monoisotopic (exact) mass is 184 g/mol. The van der Waals surface area contributed by atoms with Crippen LogP contribution in [0.2, 0.25) is 0 Å². The van der Waals surface area contributed by atoms with Crippen LogP contribution in [0.1, 0.15) is 0 Å². The van der Waals surface area contributed by atoms with E-state index in [1.165, 1.54) is 5.69 Å². The fourth-order valence-corrected chi connectivity index (χ4v) is 2.57. The van der Waals surface area contributed by atoms with Crippen molar-refractivity contribution in [3.63, 3.8) is 0 Å². The molecule has 1 saturated heterocycles. The highest BCUT2D eigenvalue weighted by atomic mass is 15.2. The summed E-state index contributed by atoms with van der Waals surface area (Å²) in [5.41, 5.74) is 1.30. The van der Waals surface area contributed by atoms with Gasteiger partial charge < -0.3 is 4.90 Å². The van der Waals surface area contributed by atoms with E-state index in [0.29, 0.717) is 17.8 Å². The van der Waals surface area contributed by atoms with E-state index in [4.69, 9.17) is 5.26 Å². The van der Waals surface area contributed by atoms with Crippen LogP contribution in [-0.4, -0.2) is 13.1 Å². The number of hydrogen-bond acceptors (Lipinski definition) is 2. The third kappa shape index (κ3) is 1.02. The number of nitrogens with zero attached hydrogens (tertiary/aromatic N) is 2. The molecule has 2 fully saturated rings. The standard InChI is InChI=1S/C12H12N2/c13-6-10-11-7-14(8-12(10)11)9-4-2-1-3-5-9/h1-5,10-12H,7-8H2. The molecule has 0 spiro atoms. The molecule has 0 N–H and O–H groups in total. The Hall–Kier alpha value is -1.49. The Morgan fingerprint density at radius 1 is 1.14 bits per heavy atom. The Balaban J connectivity index is 1.73. The maximum atomic E-state index is 8.80. The second-order valence-corrected chi connectivity index (χ2v) is 4.22. The minimum atomic E-state index is 0.356. The molecule has 1 saturated carbocycles. The van der Waals surface area contributed by atoms with E-state index < -0.39 is 0 Å². The molecule has 0 radical (unpaired) electrons. The minimum Gasteiger partial charge on any atom is -0.371 e. The van der Waals surface area contributed by atoms with Crippen molar-refractivity contribution in [2.24, 2.45) is 17.8 Å².